The summed E-state index contributed by atoms with van der Waals surface area (Å²) < 4.78 is 23.8. The molecule has 0 radical (unpaired) electrons. The summed E-state index contributed by atoms with van der Waals surface area (Å²) in [7, 11) is 0. The monoisotopic (exact) mass is 748 g/mol. The van der Waals surface area contributed by atoms with Gasteiger partial charge in [-0.15, -0.1) is 0 Å². The maximum atomic E-state index is 13.1. The molecule has 0 aromatic heterocycles. The Morgan fingerprint density at radius 3 is 2.17 bits per heavy atom. The molecule has 13 nitrogen and oxygen atoms in total. The van der Waals surface area contributed by atoms with Gasteiger partial charge in [-0.25, -0.2) is 4.79 Å². The van der Waals surface area contributed by atoms with Gasteiger partial charge in [-0.05, 0) is 109 Å². The van der Waals surface area contributed by atoms with E-state index in [0.29, 0.717) is 12.3 Å². The minimum absolute atomic E-state index is 0.0256. The maximum Gasteiger partial charge on any atom is 0.335 e. The first kappa shape index (κ1) is 38.2. The number of allylic oxidation sites excluding steroid dienone is 2. The third kappa shape index (κ3) is 4.93. The highest BCUT2D eigenvalue weighted by atomic mass is 16.8. The average molecular weight is 749 g/mol. The number of fused-ring (bicyclic) bond motifs is 6. The minimum Gasteiger partial charge on any atom is -0.481 e. The third-order valence-corrected chi connectivity index (χ3v) is 17.5. The zero-order valence-corrected chi connectivity index (χ0v) is 31.8. The summed E-state index contributed by atoms with van der Waals surface area (Å²) in [5, 5.41) is 73.3. The summed E-state index contributed by atoms with van der Waals surface area (Å²) in [5.74, 6) is -1.27. The molecule has 4 bridgehead atoms. The second kappa shape index (κ2) is 12.2. The predicted octanol–water partition coefficient (Wildman–Crippen LogP) is 2.83. The molecule has 19 atom stereocenters. The minimum atomic E-state index is -1.88. The molecule has 7 fully saturated rings. The van der Waals surface area contributed by atoms with E-state index in [1.807, 2.05) is 0 Å². The predicted molar refractivity (Wildman–Crippen MR) is 186 cm³/mol. The van der Waals surface area contributed by atoms with Crippen LogP contribution in [0.4, 0.5) is 0 Å². The van der Waals surface area contributed by atoms with E-state index in [9.17, 15) is 45.3 Å². The quantitative estimate of drug-likeness (QED) is 0.154. The number of ether oxygens (including phenoxy) is 4. The van der Waals surface area contributed by atoms with Gasteiger partial charge in [0.25, 0.3) is 0 Å². The number of carboxylic acids is 2. The second-order valence-electron chi connectivity index (χ2n) is 19.9. The topological polar surface area (TPSA) is 213 Å². The number of carbonyl (C=O) groups is 2. The van der Waals surface area contributed by atoms with Crippen molar-refractivity contribution in [3.05, 3.63) is 11.6 Å². The Hall–Kier alpha value is -1.68. The Labute approximate surface area is 311 Å². The molecule has 5 saturated carbocycles. The molecule has 19 unspecified atom stereocenters. The van der Waals surface area contributed by atoms with Gasteiger partial charge in [0.2, 0.25) is 0 Å². The molecule has 6 aliphatic carbocycles. The lowest BCUT2D eigenvalue weighted by atomic mass is 9.34. The summed E-state index contributed by atoms with van der Waals surface area (Å²) in [5.41, 5.74) is 0.169. The van der Waals surface area contributed by atoms with Crippen LogP contribution < -0.4 is 0 Å². The molecule has 53 heavy (non-hydrogen) atoms. The van der Waals surface area contributed by atoms with E-state index in [-0.39, 0.29) is 46.0 Å². The lowest BCUT2D eigenvalue weighted by molar-refractivity contribution is -0.366. The van der Waals surface area contributed by atoms with Crippen LogP contribution in [-0.4, -0.2) is 116 Å². The number of aliphatic carboxylic acids is 2. The first-order chi connectivity index (χ1) is 24.7. The number of hydrogen-bond donors (Lipinski definition) is 7. The van der Waals surface area contributed by atoms with E-state index in [1.54, 1.807) is 0 Å². The summed E-state index contributed by atoms with van der Waals surface area (Å²) in [6.07, 6.45) is -4.69. The SMILES string of the molecule is CC12CCC3(C(=O)O)C(C1)C1=CCC4C5(C)CCC(OC6OC(C(=O)O)C(O)C(O)C6OC6OCC(O)C(O)C6O)C(C)(C)C5CCC4(C)C1(C)CC23. The van der Waals surface area contributed by atoms with E-state index in [4.69, 9.17) is 18.9 Å². The van der Waals surface area contributed by atoms with Gasteiger partial charge in [0.05, 0.1) is 18.1 Å². The zero-order chi connectivity index (χ0) is 38.4. The van der Waals surface area contributed by atoms with E-state index in [2.05, 4.69) is 47.6 Å². The van der Waals surface area contributed by atoms with Crippen molar-refractivity contribution in [2.45, 2.75) is 161 Å². The highest BCUT2D eigenvalue weighted by Crippen LogP contribution is 2.82. The fourth-order valence-corrected chi connectivity index (χ4v) is 14.6. The first-order valence-corrected chi connectivity index (χ1v) is 19.8. The molecule has 0 spiro atoms. The average Bonchev–Trinajstić information content (AvgIpc) is 3.46. The van der Waals surface area contributed by atoms with Gasteiger partial charge in [-0.1, -0.05) is 53.2 Å². The second-order valence-corrected chi connectivity index (χ2v) is 19.9. The van der Waals surface area contributed by atoms with Crippen LogP contribution in [0, 0.1) is 56.2 Å². The molecule has 13 heteroatoms. The van der Waals surface area contributed by atoms with Crippen LogP contribution in [0.15, 0.2) is 11.6 Å². The molecule has 2 saturated heterocycles. The molecule has 2 aliphatic heterocycles. The number of aliphatic hydroxyl groups is 5. The molecule has 0 aromatic rings. The Bertz CT molecular complexity index is 1550. The smallest absolute Gasteiger partial charge is 0.335 e. The maximum absolute atomic E-state index is 13.1. The van der Waals surface area contributed by atoms with Gasteiger partial charge in [-0.2, -0.15) is 0 Å². The van der Waals surface area contributed by atoms with Gasteiger partial charge in [0.1, 0.15) is 36.6 Å². The Morgan fingerprint density at radius 1 is 0.774 bits per heavy atom. The van der Waals surface area contributed by atoms with Crippen LogP contribution >= 0.6 is 0 Å². The van der Waals surface area contributed by atoms with Crippen LogP contribution in [-0.2, 0) is 28.5 Å². The van der Waals surface area contributed by atoms with E-state index < -0.39 is 84.2 Å². The van der Waals surface area contributed by atoms with Gasteiger partial charge in [-0.3, -0.25) is 4.79 Å². The van der Waals surface area contributed by atoms with Crippen LogP contribution in [0.2, 0.25) is 0 Å². The summed E-state index contributed by atoms with van der Waals surface area (Å²) in [6, 6.07) is 0. The Kier molecular flexibility index (Phi) is 8.77. The van der Waals surface area contributed by atoms with Crippen LogP contribution in [0.5, 0.6) is 0 Å². The highest BCUT2D eigenvalue weighted by Gasteiger charge is 2.77. The molecule has 8 rings (SSSR count). The van der Waals surface area contributed by atoms with Crippen molar-refractivity contribution in [2.75, 3.05) is 6.61 Å². The van der Waals surface area contributed by atoms with Crippen molar-refractivity contribution in [1.82, 2.24) is 0 Å². The number of carboxylic acid groups (broad SMARTS) is 2. The molecule has 8 aliphatic rings. The molecule has 0 amide bonds. The van der Waals surface area contributed by atoms with Gasteiger partial charge in [0.15, 0.2) is 18.7 Å². The molecular formula is C40H60O13. The Balaban J connectivity index is 1.06. The fourth-order valence-electron chi connectivity index (χ4n) is 14.6. The van der Waals surface area contributed by atoms with Crippen molar-refractivity contribution in [3.63, 3.8) is 0 Å². The molecular weight excluding hydrogens is 688 g/mol. The lowest BCUT2D eigenvalue weighted by Crippen LogP contribution is -2.66. The molecule has 2 heterocycles. The van der Waals surface area contributed by atoms with Crippen molar-refractivity contribution in [2.24, 2.45) is 56.2 Å². The van der Waals surface area contributed by atoms with Crippen LogP contribution in [0.1, 0.15) is 99.3 Å². The number of rotatable bonds is 6. The molecule has 7 N–H and O–H groups in total. The highest BCUT2D eigenvalue weighted by molar-refractivity contribution is 5.79. The summed E-state index contributed by atoms with van der Waals surface area (Å²) in [6.45, 7) is 13.7. The fraction of sp³-hybridized carbons (Fsp3) is 0.900. The van der Waals surface area contributed by atoms with Gasteiger partial charge >= 0.3 is 11.9 Å². The van der Waals surface area contributed by atoms with Crippen molar-refractivity contribution < 1.29 is 64.3 Å². The largest absolute Gasteiger partial charge is 0.481 e. The molecule has 0 aromatic carbocycles. The third-order valence-electron chi connectivity index (χ3n) is 17.5. The molecule has 298 valence electrons. The number of aliphatic hydroxyl groups excluding tert-OH is 5. The van der Waals surface area contributed by atoms with Crippen LogP contribution in [0.3, 0.4) is 0 Å². The standard InChI is InChI=1S/C40H60O13/c1-35(2)21-9-12-38(5)22(8-7-18-19-15-36(3)13-14-40(19,34(48)49)23(36)16-39(18,38)6)37(21,4)11-10-24(35)51-33-30(27(44)26(43)29(52-33)31(46)47)53-32-28(45)25(42)20(41)17-50-32/h7,19-30,32-33,41-45H,8-17H2,1-6H3,(H,46,47)(H,48,49). The normalized spacial score (nSPS) is 56.8. The van der Waals surface area contributed by atoms with E-state index in [1.165, 1.54) is 5.57 Å². The summed E-state index contributed by atoms with van der Waals surface area (Å²) in [4.78, 5) is 25.2. The zero-order valence-electron chi connectivity index (χ0n) is 31.8. The Morgan fingerprint density at radius 2 is 1.49 bits per heavy atom. The van der Waals surface area contributed by atoms with Gasteiger partial charge in [0, 0.05) is 0 Å². The first-order valence-electron chi connectivity index (χ1n) is 19.8. The summed E-state index contributed by atoms with van der Waals surface area (Å²) >= 11 is 0. The number of hydrogen-bond acceptors (Lipinski definition) is 11. The van der Waals surface area contributed by atoms with Crippen LogP contribution in [0.25, 0.3) is 0 Å². The van der Waals surface area contributed by atoms with Gasteiger partial charge < -0.3 is 54.7 Å². The lowest BCUT2D eigenvalue weighted by Gasteiger charge is -2.70. The van der Waals surface area contributed by atoms with Crippen molar-refractivity contribution in [3.8, 4) is 0 Å². The van der Waals surface area contributed by atoms with E-state index in [0.717, 1.165) is 51.4 Å². The van der Waals surface area contributed by atoms with Crippen molar-refractivity contribution >= 4 is 11.9 Å². The van der Waals surface area contributed by atoms with Crippen molar-refractivity contribution in [1.29, 1.82) is 0 Å². The van der Waals surface area contributed by atoms with E-state index >= 15 is 0 Å².